The van der Waals surface area contributed by atoms with E-state index in [-0.39, 0.29) is 16.2 Å². The van der Waals surface area contributed by atoms with E-state index in [0.29, 0.717) is 26.1 Å². The third kappa shape index (κ3) is 3.46. The summed E-state index contributed by atoms with van der Waals surface area (Å²) in [5.74, 6) is -1.87. The van der Waals surface area contributed by atoms with Crippen molar-refractivity contribution < 1.29 is 32.6 Å². The van der Waals surface area contributed by atoms with E-state index in [9.17, 15) is 18.3 Å². The molecule has 1 aromatic heterocycles. The van der Waals surface area contributed by atoms with Crippen molar-refractivity contribution in [2.45, 2.75) is 23.3 Å². The van der Waals surface area contributed by atoms with Crippen molar-refractivity contribution in [2.24, 2.45) is 0 Å². The second kappa shape index (κ2) is 6.05. The van der Waals surface area contributed by atoms with Crippen LogP contribution in [0.4, 0.5) is 0 Å². The van der Waals surface area contributed by atoms with E-state index in [1.54, 1.807) is 0 Å². The van der Waals surface area contributed by atoms with Crippen LogP contribution in [0.25, 0.3) is 0 Å². The third-order valence-electron chi connectivity index (χ3n) is 3.26. The summed E-state index contributed by atoms with van der Waals surface area (Å²) >= 11 is 2.89. The molecule has 1 aromatic rings. The minimum atomic E-state index is -4.04. The Morgan fingerprint density at radius 2 is 2.05 bits per heavy atom. The maximum Gasteiger partial charge on any atom is 0.371 e. The third-order valence-corrected chi connectivity index (χ3v) is 5.69. The highest BCUT2D eigenvalue weighted by molar-refractivity contribution is 9.10. The molecule has 21 heavy (non-hydrogen) atoms. The molecule has 118 valence electrons. The largest absolute Gasteiger partial charge is 0.475 e. The fourth-order valence-corrected chi connectivity index (χ4v) is 4.43. The number of carbonyl (C=O) groups is 1. The number of sulfonamides is 1. The average molecular weight is 384 g/mol. The highest BCUT2D eigenvalue weighted by Gasteiger charge is 2.38. The highest BCUT2D eigenvalue weighted by Crippen LogP contribution is 2.29. The van der Waals surface area contributed by atoms with Gasteiger partial charge in [-0.2, -0.15) is 0 Å². The van der Waals surface area contributed by atoms with Gasteiger partial charge in [0, 0.05) is 19.3 Å². The number of aromatic carboxylic acids is 1. The van der Waals surface area contributed by atoms with Gasteiger partial charge in [-0.05, 0) is 28.8 Å². The molecule has 3 N–H and O–H groups in total. The van der Waals surface area contributed by atoms with E-state index in [1.165, 1.54) is 0 Å². The number of ether oxygens (including phenoxy) is 1. The van der Waals surface area contributed by atoms with Gasteiger partial charge in [-0.3, -0.25) is 0 Å². The van der Waals surface area contributed by atoms with Crippen molar-refractivity contribution in [1.29, 1.82) is 0 Å². The predicted octanol–water partition coefficient (Wildman–Crippen LogP) is 0.560. The normalized spacial score (nSPS) is 18.6. The molecule has 1 saturated heterocycles. The molecule has 2 heterocycles. The number of aliphatic hydroxyl groups excluding tert-OH is 1. The van der Waals surface area contributed by atoms with Gasteiger partial charge in [0.2, 0.25) is 15.8 Å². The summed E-state index contributed by atoms with van der Waals surface area (Å²) in [6.45, 7) is 0.281. The van der Waals surface area contributed by atoms with Gasteiger partial charge in [-0.1, -0.05) is 0 Å². The van der Waals surface area contributed by atoms with Gasteiger partial charge in [0.25, 0.3) is 0 Å². The summed E-state index contributed by atoms with van der Waals surface area (Å²) in [6, 6.07) is 0.916. The fourth-order valence-electron chi connectivity index (χ4n) is 2.04. The minimum absolute atomic E-state index is 0.201. The van der Waals surface area contributed by atoms with Crippen LogP contribution in [-0.2, 0) is 14.8 Å². The van der Waals surface area contributed by atoms with Crippen LogP contribution in [0.5, 0.6) is 0 Å². The first-order valence-corrected chi connectivity index (χ1v) is 8.32. The fraction of sp³-hybridized carbons (Fsp3) is 0.545. The lowest BCUT2D eigenvalue weighted by Crippen LogP contribution is -2.54. The van der Waals surface area contributed by atoms with Crippen molar-refractivity contribution in [3.8, 4) is 0 Å². The molecule has 0 bridgehead atoms. The summed E-state index contributed by atoms with van der Waals surface area (Å²) in [7, 11) is -4.04. The quantitative estimate of drug-likeness (QED) is 0.677. The Labute approximate surface area is 129 Å². The summed E-state index contributed by atoms with van der Waals surface area (Å²) < 4.78 is 37.0. The summed E-state index contributed by atoms with van der Waals surface area (Å²) in [5, 5.41) is 18.3. The van der Waals surface area contributed by atoms with E-state index in [2.05, 4.69) is 20.7 Å². The Bertz CT molecular complexity index is 633. The maximum absolute atomic E-state index is 12.4. The summed E-state index contributed by atoms with van der Waals surface area (Å²) in [5.41, 5.74) is -1.02. The minimum Gasteiger partial charge on any atom is -0.475 e. The zero-order valence-corrected chi connectivity index (χ0v) is 13.2. The van der Waals surface area contributed by atoms with Crippen LogP contribution in [0.3, 0.4) is 0 Å². The van der Waals surface area contributed by atoms with Crippen molar-refractivity contribution in [1.82, 2.24) is 4.72 Å². The van der Waals surface area contributed by atoms with E-state index in [0.717, 1.165) is 6.07 Å². The number of hydrogen-bond acceptors (Lipinski definition) is 6. The molecule has 8 nitrogen and oxygen atoms in total. The number of carboxylic acid groups (broad SMARTS) is 1. The van der Waals surface area contributed by atoms with E-state index in [1.807, 2.05) is 0 Å². The predicted molar refractivity (Wildman–Crippen MR) is 73.6 cm³/mol. The summed E-state index contributed by atoms with van der Waals surface area (Å²) in [4.78, 5) is 10.5. The Kier molecular flexibility index (Phi) is 4.73. The number of nitrogens with one attached hydrogen (secondary N) is 1. The van der Waals surface area contributed by atoms with Gasteiger partial charge in [0.15, 0.2) is 4.67 Å². The first-order valence-electron chi connectivity index (χ1n) is 6.05. The Balaban J connectivity index is 2.31. The van der Waals surface area contributed by atoms with Crippen LogP contribution < -0.4 is 4.72 Å². The van der Waals surface area contributed by atoms with E-state index >= 15 is 0 Å². The van der Waals surface area contributed by atoms with Crippen LogP contribution in [-0.4, -0.2) is 50.0 Å². The smallest absolute Gasteiger partial charge is 0.371 e. The molecule has 0 spiro atoms. The first-order chi connectivity index (χ1) is 9.80. The molecule has 0 atom stereocenters. The molecular formula is C11H14BrNO7S. The lowest BCUT2D eigenvalue weighted by molar-refractivity contribution is 0.0223. The Hall–Kier alpha value is -0.940. The van der Waals surface area contributed by atoms with Gasteiger partial charge in [-0.15, -0.1) is 0 Å². The molecule has 1 aliphatic heterocycles. The second-order valence-electron chi connectivity index (χ2n) is 4.71. The van der Waals surface area contributed by atoms with Gasteiger partial charge in [0.1, 0.15) is 4.90 Å². The number of aliphatic hydroxyl groups is 1. The van der Waals surface area contributed by atoms with Gasteiger partial charge in [0.05, 0.1) is 12.1 Å². The number of carboxylic acids is 1. The zero-order chi connectivity index (χ0) is 15.7. The molecule has 0 aromatic carbocycles. The molecular weight excluding hydrogens is 370 g/mol. The molecule has 0 amide bonds. The number of hydrogen-bond donors (Lipinski definition) is 3. The van der Waals surface area contributed by atoms with Crippen molar-refractivity contribution >= 4 is 31.9 Å². The van der Waals surface area contributed by atoms with Crippen molar-refractivity contribution in [3.63, 3.8) is 0 Å². The highest BCUT2D eigenvalue weighted by atomic mass is 79.9. The topological polar surface area (TPSA) is 126 Å². The lowest BCUT2D eigenvalue weighted by atomic mass is 9.93. The SMILES string of the molecule is O=C(O)c1cc(S(=O)(=O)NC2(CO)CCOCC2)c(Br)o1. The maximum atomic E-state index is 12.4. The molecule has 1 fully saturated rings. The second-order valence-corrected chi connectivity index (χ2v) is 7.08. The van der Waals surface area contributed by atoms with Crippen LogP contribution in [0, 0.1) is 0 Å². The lowest BCUT2D eigenvalue weighted by Gasteiger charge is -2.35. The van der Waals surface area contributed by atoms with Gasteiger partial charge < -0.3 is 19.4 Å². The average Bonchev–Trinajstić information content (AvgIpc) is 2.82. The summed E-state index contributed by atoms with van der Waals surface area (Å²) in [6.07, 6.45) is 0.647. The monoisotopic (exact) mass is 383 g/mol. The van der Waals surface area contributed by atoms with Gasteiger partial charge in [-0.25, -0.2) is 17.9 Å². The Morgan fingerprint density at radius 3 is 2.52 bits per heavy atom. The molecule has 0 aliphatic carbocycles. The molecule has 0 radical (unpaired) electrons. The van der Waals surface area contributed by atoms with Crippen LogP contribution in [0.2, 0.25) is 0 Å². The van der Waals surface area contributed by atoms with Crippen molar-refractivity contribution in [3.05, 3.63) is 16.5 Å². The van der Waals surface area contributed by atoms with Crippen LogP contribution in [0.1, 0.15) is 23.4 Å². The zero-order valence-electron chi connectivity index (χ0n) is 10.8. The molecule has 2 rings (SSSR count). The van der Waals surface area contributed by atoms with E-state index in [4.69, 9.17) is 14.3 Å². The number of rotatable bonds is 5. The molecule has 10 heteroatoms. The van der Waals surface area contributed by atoms with Crippen molar-refractivity contribution in [2.75, 3.05) is 19.8 Å². The number of furan rings is 1. The van der Waals surface area contributed by atoms with Gasteiger partial charge >= 0.3 is 5.97 Å². The number of halogens is 1. The van der Waals surface area contributed by atoms with Crippen LogP contribution in [0.15, 0.2) is 20.0 Å². The molecule has 0 unspecified atom stereocenters. The standard InChI is InChI=1S/C11H14BrNO7S/c12-9-8(5-7(20-9)10(15)16)21(17,18)13-11(6-14)1-3-19-4-2-11/h5,13-14H,1-4,6H2,(H,15,16). The van der Waals surface area contributed by atoms with Crippen LogP contribution >= 0.6 is 15.9 Å². The van der Waals surface area contributed by atoms with E-state index < -0.39 is 27.3 Å². The molecule has 1 aliphatic rings. The molecule has 0 saturated carbocycles. The first kappa shape index (κ1) is 16.4. The Morgan fingerprint density at radius 1 is 1.43 bits per heavy atom.